The number of thioether (sulfide) groups is 1. The highest BCUT2D eigenvalue weighted by molar-refractivity contribution is 8.00. The van der Waals surface area contributed by atoms with E-state index in [0.29, 0.717) is 6.07 Å². The zero-order valence-electron chi connectivity index (χ0n) is 13.1. The molecule has 150 valence electrons. The van der Waals surface area contributed by atoms with E-state index in [2.05, 4.69) is 0 Å². The molecule has 5 nitrogen and oxygen atoms in total. The van der Waals surface area contributed by atoms with Gasteiger partial charge in [-0.05, 0) is 24.6 Å². The Bertz CT molecular complexity index is 724. The van der Waals surface area contributed by atoms with Gasteiger partial charge in [0.2, 0.25) is 0 Å². The average molecular weight is 420 g/mol. The van der Waals surface area contributed by atoms with Gasteiger partial charge in [0.25, 0.3) is 11.8 Å². The van der Waals surface area contributed by atoms with Gasteiger partial charge in [0.15, 0.2) is 0 Å². The maximum atomic E-state index is 13.8. The lowest BCUT2D eigenvalue weighted by atomic mass is 10.0. The van der Waals surface area contributed by atoms with E-state index in [1.165, 1.54) is 5.48 Å². The summed E-state index contributed by atoms with van der Waals surface area (Å²) >= 11 is -1.12. The van der Waals surface area contributed by atoms with Crippen LogP contribution in [0.15, 0.2) is 29.2 Å². The van der Waals surface area contributed by atoms with Crippen molar-refractivity contribution >= 4 is 23.6 Å². The molecule has 2 rings (SSSR count). The molecule has 0 radical (unpaired) electrons. The predicted octanol–water partition coefficient (Wildman–Crippen LogP) is 3.29. The van der Waals surface area contributed by atoms with Crippen molar-refractivity contribution in [2.45, 2.75) is 34.7 Å². The molecule has 2 N–H and O–H groups in total. The molecule has 1 aromatic rings. The van der Waals surface area contributed by atoms with E-state index in [4.69, 9.17) is 5.21 Å². The van der Waals surface area contributed by atoms with Gasteiger partial charge in [0, 0.05) is 17.0 Å². The summed E-state index contributed by atoms with van der Waals surface area (Å²) in [6.45, 7) is 0.0897. The number of nitrogens with zero attached hydrogens (tertiary/aromatic N) is 1. The lowest BCUT2D eigenvalue weighted by Gasteiger charge is -2.39. The zero-order chi connectivity index (χ0) is 20.6. The molecule has 1 aliphatic heterocycles. The Morgan fingerprint density at radius 1 is 1.11 bits per heavy atom. The minimum absolute atomic E-state index is 0.0897. The van der Waals surface area contributed by atoms with Gasteiger partial charge >= 0.3 is 17.4 Å². The number of nitrogens with one attached hydrogen (secondary N) is 1. The van der Waals surface area contributed by atoms with Gasteiger partial charge in [-0.25, -0.2) is 9.87 Å². The molecule has 0 saturated carbocycles. The number of hydroxylamine groups is 1. The van der Waals surface area contributed by atoms with Crippen molar-refractivity contribution in [1.82, 2.24) is 10.4 Å². The first-order valence-electron chi connectivity index (χ1n) is 7.18. The fraction of sp³-hybridized carbons (Fsp3) is 0.429. The number of carbonyl (C=O) groups excluding carboxylic acids is 2. The van der Waals surface area contributed by atoms with Crippen LogP contribution < -0.4 is 5.48 Å². The third kappa shape index (κ3) is 3.98. The molecule has 1 aromatic carbocycles. The standard InChI is InChI=1S/C14H11F7N2O3S/c15-12(13(16,17)18,14(19,20)21)27-8-3-1-2-7(6-8)11(25)23-5-4-9(23)10(24)22-26/h1-3,6,9,26H,4-5H2,(H,22,24)/t9-/m1/s1. The van der Waals surface area contributed by atoms with Crippen molar-refractivity contribution < 1.29 is 45.5 Å². The van der Waals surface area contributed by atoms with Gasteiger partial charge in [-0.1, -0.05) is 17.8 Å². The molecule has 2 amide bonds. The molecule has 13 heteroatoms. The van der Waals surface area contributed by atoms with Crippen LogP contribution in [0.5, 0.6) is 0 Å². The summed E-state index contributed by atoms with van der Waals surface area (Å²) in [5.41, 5.74) is 1.01. The van der Waals surface area contributed by atoms with Crippen LogP contribution in [0.2, 0.25) is 0 Å². The molecule has 0 aromatic heterocycles. The smallest absolute Gasteiger partial charge is 0.326 e. The third-order valence-electron chi connectivity index (χ3n) is 3.76. The van der Waals surface area contributed by atoms with Gasteiger partial charge < -0.3 is 4.90 Å². The summed E-state index contributed by atoms with van der Waals surface area (Å²) in [5.74, 6) is -1.75. The van der Waals surface area contributed by atoms with Crippen molar-refractivity contribution in [2.24, 2.45) is 0 Å². The van der Waals surface area contributed by atoms with Crippen LogP contribution in [-0.4, -0.2) is 51.9 Å². The Hall–Kier alpha value is -2.02. The molecule has 1 saturated heterocycles. The molecule has 1 atom stereocenters. The van der Waals surface area contributed by atoms with E-state index in [0.717, 1.165) is 23.1 Å². The molecule has 0 bridgehead atoms. The third-order valence-corrected chi connectivity index (χ3v) is 5.00. The second kappa shape index (κ2) is 7.19. The first kappa shape index (κ1) is 21.3. The number of hydrogen-bond acceptors (Lipinski definition) is 4. The number of amides is 2. The highest BCUT2D eigenvalue weighted by Gasteiger charge is 2.73. The van der Waals surface area contributed by atoms with Crippen LogP contribution in [0.1, 0.15) is 16.8 Å². The van der Waals surface area contributed by atoms with E-state index in [-0.39, 0.29) is 18.5 Å². The average Bonchev–Trinajstić information content (AvgIpc) is 2.51. The van der Waals surface area contributed by atoms with Gasteiger partial charge in [-0.15, -0.1) is 0 Å². The Labute approximate surface area is 151 Å². The Morgan fingerprint density at radius 3 is 2.15 bits per heavy atom. The molecule has 0 unspecified atom stereocenters. The fourth-order valence-electron chi connectivity index (χ4n) is 2.27. The van der Waals surface area contributed by atoms with Gasteiger partial charge in [-0.2, -0.15) is 26.3 Å². The normalized spacial score (nSPS) is 18.1. The largest absolute Gasteiger partial charge is 0.441 e. The van der Waals surface area contributed by atoms with Gasteiger partial charge in [0.05, 0.1) is 0 Å². The Balaban J connectivity index is 2.27. The molecule has 0 aliphatic carbocycles. The molecule has 1 heterocycles. The Morgan fingerprint density at radius 2 is 1.70 bits per heavy atom. The summed E-state index contributed by atoms with van der Waals surface area (Å²) in [4.78, 5) is 23.8. The lowest BCUT2D eigenvalue weighted by Crippen LogP contribution is -2.57. The van der Waals surface area contributed by atoms with Crippen molar-refractivity contribution in [3.63, 3.8) is 0 Å². The van der Waals surface area contributed by atoms with E-state index in [9.17, 15) is 40.3 Å². The SMILES string of the molecule is O=C(NO)[C@H]1CCN1C(=O)c1cccc(SC(F)(C(F)(F)F)C(F)(F)F)c1. The van der Waals surface area contributed by atoms with E-state index >= 15 is 0 Å². The minimum atomic E-state index is -6.24. The quantitative estimate of drug-likeness (QED) is 0.340. The second-order valence-corrected chi connectivity index (χ2v) is 6.74. The highest BCUT2D eigenvalue weighted by Crippen LogP contribution is 2.55. The van der Waals surface area contributed by atoms with E-state index < -0.39 is 51.9 Å². The van der Waals surface area contributed by atoms with Crippen molar-refractivity contribution in [3.05, 3.63) is 29.8 Å². The maximum absolute atomic E-state index is 13.8. The van der Waals surface area contributed by atoms with Crippen LogP contribution >= 0.6 is 11.8 Å². The molecule has 27 heavy (non-hydrogen) atoms. The van der Waals surface area contributed by atoms with Crippen LogP contribution in [0.4, 0.5) is 30.7 Å². The van der Waals surface area contributed by atoms with Crippen LogP contribution in [-0.2, 0) is 4.79 Å². The number of rotatable bonds is 4. The summed E-state index contributed by atoms with van der Waals surface area (Å²) in [6, 6.07) is 2.53. The number of alkyl halides is 7. The van der Waals surface area contributed by atoms with E-state index in [1.807, 2.05) is 0 Å². The first-order chi connectivity index (χ1) is 12.3. The second-order valence-electron chi connectivity index (χ2n) is 5.50. The summed E-state index contributed by atoms with van der Waals surface area (Å²) in [7, 11) is 0. The number of likely N-dealkylation sites (tertiary alicyclic amines) is 1. The molecule has 1 fully saturated rings. The predicted molar refractivity (Wildman–Crippen MR) is 77.6 cm³/mol. The zero-order valence-corrected chi connectivity index (χ0v) is 13.9. The topological polar surface area (TPSA) is 69.6 Å². The Kier molecular flexibility index (Phi) is 5.66. The number of hydrogen-bond donors (Lipinski definition) is 2. The molecule has 0 spiro atoms. The van der Waals surface area contributed by atoms with Crippen molar-refractivity contribution in [3.8, 4) is 0 Å². The number of halogens is 7. The van der Waals surface area contributed by atoms with Crippen LogP contribution in [0, 0.1) is 0 Å². The summed E-state index contributed by atoms with van der Waals surface area (Å²) in [6.07, 6.45) is -12.3. The van der Waals surface area contributed by atoms with Crippen molar-refractivity contribution in [1.29, 1.82) is 0 Å². The van der Waals surface area contributed by atoms with Crippen molar-refractivity contribution in [2.75, 3.05) is 6.54 Å². The summed E-state index contributed by atoms with van der Waals surface area (Å²) < 4.78 is 89.8. The monoisotopic (exact) mass is 420 g/mol. The molecular weight excluding hydrogens is 409 g/mol. The van der Waals surface area contributed by atoms with Crippen LogP contribution in [0.3, 0.4) is 0 Å². The highest BCUT2D eigenvalue weighted by atomic mass is 32.2. The number of carbonyl (C=O) groups is 2. The maximum Gasteiger partial charge on any atom is 0.441 e. The first-order valence-corrected chi connectivity index (χ1v) is 8.00. The van der Waals surface area contributed by atoms with Gasteiger partial charge in [0.1, 0.15) is 6.04 Å². The minimum Gasteiger partial charge on any atom is -0.326 e. The van der Waals surface area contributed by atoms with Crippen LogP contribution in [0.25, 0.3) is 0 Å². The lowest BCUT2D eigenvalue weighted by molar-refractivity contribution is -0.302. The number of benzene rings is 1. The van der Waals surface area contributed by atoms with Gasteiger partial charge in [-0.3, -0.25) is 14.8 Å². The summed E-state index contributed by atoms with van der Waals surface area (Å²) in [5, 5.41) is 3.01. The molecular formula is C14H11F7N2O3S. The molecule has 1 aliphatic rings. The van der Waals surface area contributed by atoms with E-state index in [1.54, 1.807) is 0 Å². The fourth-order valence-corrected chi connectivity index (χ4v) is 3.16.